The lowest BCUT2D eigenvalue weighted by Crippen LogP contribution is -2.05. The van der Waals surface area contributed by atoms with Crippen molar-refractivity contribution >= 4 is 15.9 Å². The van der Waals surface area contributed by atoms with Gasteiger partial charge >= 0.3 is 0 Å². The summed E-state index contributed by atoms with van der Waals surface area (Å²) in [5, 5.41) is 6.87. The summed E-state index contributed by atoms with van der Waals surface area (Å²) in [6.07, 6.45) is 0. The van der Waals surface area contributed by atoms with Crippen LogP contribution in [0.15, 0.2) is 27.2 Å². The fourth-order valence-corrected chi connectivity index (χ4v) is 2.06. The molecule has 5 nitrogen and oxygen atoms in total. The van der Waals surface area contributed by atoms with Crippen molar-refractivity contribution in [2.24, 2.45) is 0 Å². The van der Waals surface area contributed by atoms with E-state index in [9.17, 15) is 0 Å². The third-order valence-electron chi connectivity index (χ3n) is 2.30. The van der Waals surface area contributed by atoms with Gasteiger partial charge in [-0.1, -0.05) is 11.2 Å². The van der Waals surface area contributed by atoms with Crippen molar-refractivity contribution in [1.29, 1.82) is 0 Å². The zero-order valence-electron chi connectivity index (χ0n) is 10.2. The van der Waals surface area contributed by atoms with E-state index in [-0.39, 0.29) is 0 Å². The number of aromatic nitrogens is 2. The molecule has 96 valence electrons. The van der Waals surface area contributed by atoms with Crippen LogP contribution in [-0.4, -0.2) is 17.2 Å². The minimum Gasteiger partial charge on any atom is -0.484 e. The van der Waals surface area contributed by atoms with Gasteiger partial charge in [-0.05, 0) is 40.7 Å². The molecule has 0 radical (unpaired) electrons. The number of aryl methyl sites for hydroxylation is 1. The maximum absolute atomic E-state index is 5.62. The van der Waals surface area contributed by atoms with Crippen LogP contribution >= 0.6 is 15.9 Å². The van der Waals surface area contributed by atoms with Gasteiger partial charge in [0.15, 0.2) is 6.61 Å². The Kier molecular flexibility index (Phi) is 4.33. The molecule has 0 amide bonds. The zero-order chi connectivity index (χ0) is 13.0. The first-order valence-corrected chi connectivity index (χ1v) is 6.33. The van der Waals surface area contributed by atoms with E-state index in [1.165, 1.54) is 5.56 Å². The highest BCUT2D eigenvalue weighted by atomic mass is 79.9. The van der Waals surface area contributed by atoms with Gasteiger partial charge in [0, 0.05) is 13.5 Å². The van der Waals surface area contributed by atoms with E-state index in [0.29, 0.717) is 18.3 Å². The van der Waals surface area contributed by atoms with Gasteiger partial charge in [0.1, 0.15) is 5.75 Å². The summed E-state index contributed by atoms with van der Waals surface area (Å²) in [5.74, 6) is 1.84. The van der Waals surface area contributed by atoms with E-state index >= 15 is 0 Å². The lowest BCUT2D eigenvalue weighted by atomic mass is 10.2. The van der Waals surface area contributed by atoms with Crippen LogP contribution in [0.5, 0.6) is 5.75 Å². The molecule has 0 aliphatic rings. The smallest absolute Gasteiger partial charge is 0.223 e. The van der Waals surface area contributed by atoms with Crippen molar-refractivity contribution in [2.45, 2.75) is 20.1 Å². The first-order valence-electron chi connectivity index (χ1n) is 5.54. The van der Waals surface area contributed by atoms with Crippen LogP contribution in [0.1, 0.15) is 17.3 Å². The normalized spacial score (nSPS) is 10.6. The first-order chi connectivity index (χ1) is 8.69. The second-order valence-corrected chi connectivity index (χ2v) is 4.67. The number of ether oxygens (including phenoxy) is 1. The molecule has 1 heterocycles. The average molecular weight is 312 g/mol. The topological polar surface area (TPSA) is 60.2 Å². The maximum Gasteiger partial charge on any atom is 0.223 e. The van der Waals surface area contributed by atoms with Gasteiger partial charge in [-0.15, -0.1) is 0 Å². The molecule has 0 saturated heterocycles. The molecule has 0 saturated carbocycles. The quantitative estimate of drug-likeness (QED) is 0.919. The fraction of sp³-hybridized carbons (Fsp3) is 0.333. The van der Waals surface area contributed by atoms with E-state index in [4.69, 9.17) is 9.26 Å². The van der Waals surface area contributed by atoms with Crippen LogP contribution in [0.4, 0.5) is 0 Å². The van der Waals surface area contributed by atoms with Crippen molar-refractivity contribution in [3.05, 3.63) is 40.0 Å². The number of nitrogens with one attached hydrogen (secondary N) is 1. The fourth-order valence-electron chi connectivity index (χ4n) is 1.52. The molecular formula is C12H14BrN3O2. The van der Waals surface area contributed by atoms with Gasteiger partial charge in [0.05, 0.1) is 4.47 Å². The number of benzene rings is 1. The Bertz CT molecular complexity index is 528. The Morgan fingerprint density at radius 2 is 2.28 bits per heavy atom. The van der Waals surface area contributed by atoms with Gasteiger partial charge in [-0.2, -0.15) is 4.98 Å². The summed E-state index contributed by atoms with van der Waals surface area (Å²) >= 11 is 3.48. The monoisotopic (exact) mass is 311 g/mol. The molecule has 0 aliphatic carbocycles. The summed E-state index contributed by atoms with van der Waals surface area (Å²) in [6.45, 7) is 2.86. The van der Waals surface area contributed by atoms with E-state index in [2.05, 4.69) is 31.4 Å². The predicted octanol–water partition coefficient (Wildman–Crippen LogP) is 2.44. The molecule has 2 aromatic rings. The molecule has 0 spiro atoms. The zero-order valence-corrected chi connectivity index (χ0v) is 11.8. The van der Waals surface area contributed by atoms with Crippen molar-refractivity contribution in [2.75, 3.05) is 7.05 Å². The number of hydrogen-bond donors (Lipinski definition) is 1. The summed E-state index contributed by atoms with van der Waals surface area (Å²) in [7, 11) is 1.91. The molecule has 0 fully saturated rings. The molecule has 0 atom stereocenters. The minimum atomic E-state index is 0.293. The first kappa shape index (κ1) is 13.0. The molecule has 18 heavy (non-hydrogen) atoms. The van der Waals surface area contributed by atoms with Gasteiger partial charge in [-0.3, -0.25) is 0 Å². The van der Waals surface area contributed by atoms with E-state index < -0.39 is 0 Å². The predicted molar refractivity (Wildman–Crippen MR) is 70.3 cm³/mol. The lowest BCUT2D eigenvalue weighted by molar-refractivity contribution is 0.284. The summed E-state index contributed by atoms with van der Waals surface area (Å²) in [5.41, 5.74) is 1.19. The van der Waals surface area contributed by atoms with Gasteiger partial charge in [-0.25, -0.2) is 0 Å². The van der Waals surface area contributed by atoms with Crippen molar-refractivity contribution in [3.63, 3.8) is 0 Å². The summed E-state index contributed by atoms with van der Waals surface area (Å²) in [6, 6.07) is 5.95. The molecule has 1 aromatic carbocycles. The third kappa shape index (κ3) is 3.30. The van der Waals surface area contributed by atoms with Crippen molar-refractivity contribution in [1.82, 2.24) is 15.5 Å². The average Bonchev–Trinajstić information content (AvgIpc) is 2.74. The Morgan fingerprint density at radius 3 is 2.89 bits per heavy atom. The Balaban J connectivity index is 2.01. The lowest BCUT2D eigenvalue weighted by Gasteiger charge is -2.08. The molecule has 0 unspecified atom stereocenters. The SMILES string of the molecule is CNCc1ccc(OCc2noc(C)n2)c(Br)c1. The summed E-state index contributed by atoms with van der Waals surface area (Å²) < 4.78 is 11.4. The second-order valence-electron chi connectivity index (χ2n) is 3.81. The Labute approximate surface area is 114 Å². The van der Waals surface area contributed by atoms with E-state index in [0.717, 1.165) is 16.8 Å². The van der Waals surface area contributed by atoms with Crippen molar-refractivity contribution in [3.8, 4) is 5.75 Å². The molecule has 1 N–H and O–H groups in total. The van der Waals surface area contributed by atoms with Gasteiger partial charge in [0.2, 0.25) is 11.7 Å². The van der Waals surface area contributed by atoms with E-state index in [1.54, 1.807) is 6.92 Å². The highest BCUT2D eigenvalue weighted by Gasteiger charge is 2.06. The minimum absolute atomic E-state index is 0.293. The van der Waals surface area contributed by atoms with Crippen LogP contribution in [0.25, 0.3) is 0 Å². The van der Waals surface area contributed by atoms with Crippen LogP contribution in [-0.2, 0) is 13.2 Å². The highest BCUT2D eigenvalue weighted by molar-refractivity contribution is 9.10. The third-order valence-corrected chi connectivity index (χ3v) is 2.92. The highest BCUT2D eigenvalue weighted by Crippen LogP contribution is 2.26. The Morgan fingerprint density at radius 1 is 1.44 bits per heavy atom. The maximum atomic E-state index is 5.62. The standard InChI is InChI=1S/C12H14BrN3O2/c1-8-15-12(16-18-8)7-17-11-4-3-9(6-14-2)5-10(11)13/h3-5,14H,6-7H2,1-2H3. The molecular weight excluding hydrogens is 298 g/mol. The molecule has 2 rings (SSSR count). The van der Waals surface area contributed by atoms with Gasteiger partial charge in [0.25, 0.3) is 0 Å². The largest absolute Gasteiger partial charge is 0.484 e. The Hall–Kier alpha value is -1.40. The number of halogens is 1. The number of rotatable bonds is 5. The summed E-state index contributed by atoms with van der Waals surface area (Å²) in [4.78, 5) is 4.07. The van der Waals surface area contributed by atoms with Crippen molar-refractivity contribution < 1.29 is 9.26 Å². The van der Waals surface area contributed by atoms with Crippen LogP contribution in [0, 0.1) is 6.92 Å². The molecule has 1 aromatic heterocycles. The van der Waals surface area contributed by atoms with Crippen LogP contribution < -0.4 is 10.1 Å². The number of nitrogens with zero attached hydrogens (tertiary/aromatic N) is 2. The van der Waals surface area contributed by atoms with Crippen LogP contribution in [0.2, 0.25) is 0 Å². The second kappa shape index (κ2) is 5.97. The van der Waals surface area contributed by atoms with E-state index in [1.807, 2.05) is 25.2 Å². The molecule has 0 aliphatic heterocycles. The molecule has 0 bridgehead atoms. The van der Waals surface area contributed by atoms with Gasteiger partial charge < -0.3 is 14.6 Å². The molecule has 6 heteroatoms. The number of hydrogen-bond acceptors (Lipinski definition) is 5. The van der Waals surface area contributed by atoms with Crippen LogP contribution in [0.3, 0.4) is 0 Å².